The molecule has 0 bridgehead atoms. The van der Waals surface area contributed by atoms with Gasteiger partial charge in [0.15, 0.2) is 0 Å². The molecule has 8 heteroatoms. The van der Waals surface area contributed by atoms with Crippen molar-refractivity contribution in [1.29, 1.82) is 0 Å². The second-order valence-electron chi connectivity index (χ2n) is 9.93. The van der Waals surface area contributed by atoms with Crippen molar-refractivity contribution in [3.63, 3.8) is 0 Å². The smallest absolute Gasteiger partial charge is 0.315 e. The Bertz CT molecular complexity index is 843. The zero-order chi connectivity index (χ0) is 23.3. The Labute approximate surface area is 197 Å². The molecule has 8 nitrogen and oxygen atoms in total. The van der Waals surface area contributed by atoms with E-state index in [0.717, 1.165) is 77.2 Å². The number of carbonyl (C=O) groups excluding carboxylic acids is 2. The van der Waals surface area contributed by atoms with Crippen LogP contribution in [-0.4, -0.2) is 70.9 Å². The van der Waals surface area contributed by atoms with Crippen LogP contribution in [0, 0.1) is 11.3 Å². The topological polar surface area (TPSA) is 78.9 Å². The second kappa shape index (κ2) is 10.6. The lowest BCUT2D eigenvalue weighted by Crippen LogP contribution is -2.47. The van der Waals surface area contributed by atoms with Gasteiger partial charge in [-0.25, -0.2) is 9.97 Å². The Morgan fingerprint density at radius 1 is 1.06 bits per heavy atom. The highest BCUT2D eigenvalue weighted by atomic mass is 16.6. The van der Waals surface area contributed by atoms with Crippen LogP contribution < -0.4 is 4.90 Å². The Balaban J connectivity index is 1.27. The van der Waals surface area contributed by atoms with Crippen LogP contribution in [0.4, 0.5) is 5.95 Å². The fraction of sp³-hybridized carbons (Fsp3) is 0.680. The first-order chi connectivity index (χ1) is 16.0. The minimum Gasteiger partial charge on any atom is -0.409 e. The van der Waals surface area contributed by atoms with Crippen molar-refractivity contribution >= 4 is 17.8 Å². The van der Waals surface area contributed by atoms with Gasteiger partial charge in [-0.05, 0) is 44.4 Å². The van der Waals surface area contributed by atoms with Gasteiger partial charge in [-0.15, -0.1) is 0 Å². The SMILES string of the molecule is CC(C)C(=O)OC1=CC2(CCCC2)CC(=O)N1CCCCN1CCN(c2ncccn2)CC1. The van der Waals surface area contributed by atoms with Gasteiger partial charge in [-0.2, -0.15) is 0 Å². The molecule has 1 aromatic heterocycles. The molecule has 180 valence electrons. The second-order valence-corrected chi connectivity index (χ2v) is 9.93. The molecule has 33 heavy (non-hydrogen) atoms. The third kappa shape index (κ3) is 5.91. The summed E-state index contributed by atoms with van der Waals surface area (Å²) in [6.45, 7) is 9.08. The number of allylic oxidation sites excluding steroid dienone is 1. The van der Waals surface area contributed by atoms with Gasteiger partial charge in [-0.3, -0.25) is 19.4 Å². The summed E-state index contributed by atoms with van der Waals surface area (Å²) < 4.78 is 5.72. The Kier molecular flexibility index (Phi) is 7.63. The quantitative estimate of drug-likeness (QED) is 0.440. The van der Waals surface area contributed by atoms with Crippen LogP contribution >= 0.6 is 0 Å². The summed E-state index contributed by atoms with van der Waals surface area (Å²) in [7, 11) is 0. The predicted octanol–water partition coefficient (Wildman–Crippen LogP) is 3.21. The number of unbranched alkanes of at least 4 members (excludes halogenated alkanes) is 1. The van der Waals surface area contributed by atoms with Gasteiger partial charge >= 0.3 is 5.97 Å². The maximum Gasteiger partial charge on any atom is 0.315 e. The van der Waals surface area contributed by atoms with Gasteiger partial charge < -0.3 is 9.64 Å². The van der Waals surface area contributed by atoms with E-state index in [0.29, 0.717) is 18.8 Å². The number of ether oxygens (including phenoxy) is 1. The molecule has 2 aliphatic heterocycles. The fourth-order valence-electron chi connectivity index (χ4n) is 5.08. The molecule has 4 rings (SSSR count). The molecule has 1 saturated heterocycles. The number of hydrogen-bond donors (Lipinski definition) is 0. The molecule has 3 heterocycles. The van der Waals surface area contributed by atoms with E-state index in [1.54, 1.807) is 17.3 Å². The summed E-state index contributed by atoms with van der Waals surface area (Å²) in [5.74, 6) is 0.889. The normalized spacial score (nSPS) is 21.1. The predicted molar refractivity (Wildman–Crippen MR) is 126 cm³/mol. The highest BCUT2D eigenvalue weighted by molar-refractivity contribution is 5.81. The summed E-state index contributed by atoms with van der Waals surface area (Å²) in [5, 5.41) is 0. The molecular formula is C25H37N5O3. The summed E-state index contributed by atoms with van der Waals surface area (Å²) in [4.78, 5) is 40.4. The number of hydrogen-bond acceptors (Lipinski definition) is 7. The van der Waals surface area contributed by atoms with Crippen LogP contribution in [-0.2, 0) is 14.3 Å². The highest BCUT2D eigenvalue weighted by Crippen LogP contribution is 2.46. The largest absolute Gasteiger partial charge is 0.409 e. The molecule has 1 spiro atoms. The van der Waals surface area contributed by atoms with E-state index in [4.69, 9.17) is 4.74 Å². The zero-order valence-corrected chi connectivity index (χ0v) is 20.0. The standard InChI is InChI=1S/C25H37N5O3/c1-20(2)23(32)33-22-19-25(8-3-4-9-25)18-21(31)30(22)13-6-5-12-28-14-16-29(17-15-28)24-26-10-7-11-27-24/h7,10-11,19-20H,3-6,8-9,12-18H2,1-2H3. The van der Waals surface area contributed by atoms with E-state index >= 15 is 0 Å². The molecule has 0 N–H and O–H groups in total. The number of rotatable bonds is 8. The molecule has 2 fully saturated rings. The minimum atomic E-state index is -0.269. The van der Waals surface area contributed by atoms with Gasteiger partial charge in [0.2, 0.25) is 17.7 Å². The number of piperazine rings is 1. The van der Waals surface area contributed by atoms with Crippen molar-refractivity contribution in [2.75, 3.05) is 44.2 Å². The van der Waals surface area contributed by atoms with Crippen LogP contribution in [0.25, 0.3) is 0 Å². The van der Waals surface area contributed by atoms with Gasteiger partial charge in [0.05, 0.1) is 5.92 Å². The Morgan fingerprint density at radius 2 is 1.73 bits per heavy atom. The van der Waals surface area contributed by atoms with Gasteiger partial charge in [0.25, 0.3) is 0 Å². The monoisotopic (exact) mass is 455 g/mol. The average Bonchev–Trinajstić information content (AvgIpc) is 3.26. The lowest BCUT2D eigenvalue weighted by molar-refractivity contribution is -0.149. The summed E-state index contributed by atoms with van der Waals surface area (Å²) in [6.07, 6.45) is 12.4. The maximum atomic E-state index is 13.0. The van der Waals surface area contributed by atoms with E-state index in [-0.39, 0.29) is 23.2 Å². The molecule has 3 aliphatic rings. The van der Waals surface area contributed by atoms with Crippen LogP contribution in [0.3, 0.4) is 0 Å². The summed E-state index contributed by atoms with van der Waals surface area (Å²) in [6, 6.07) is 1.84. The molecule has 0 unspecified atom stereocenters. The lowest BCUT2D eigenvalue weighted by atomic mass is 9.80. The van der Waals surface area contributed by atoms with Crippen molar-refractivity contribution in [3.8, 4) is 0 Å². The maximum absolute atomic E-state index is 13.0. The number of carbonyl (C=O) groups is 2. The molecule has 1 aliphatic carbocycles. The Morgan fingerprint density at radius 3 is 2.39 bits per heavy atom. The van der Waals surface area contributed by atoms with Crippen LogP contribution in [0.5, 0.6) is 0 Å². The Hall–Kier alpha value is -2.48. The number of amides is 1. The average molecular weight is 456 g/mol. The molecule has 0 aromatic carbocycles. The van der Waals surface area contributed by atoms with Crippen molar-refractivity contribution in [1.82, 2.24) is 19.8 Å². The first-order valence-electron chi connectivity index (χ1n) is 12.4. The highest BCUT2D eigenvalue weighted by Gasteiger charge is 2.42. The molecule has 0 atom stereocenters. The lowest BCUT2D eigenvalue weighted by Gasteiger charge is -2.37. The van der Waals surface area contributed by atoms with Crippen molar-refractivity contribution in [3.05, 3.63) is 30.4 Å². The molecule has 1 saturated carbocycles. The van der Waals surface area contributed by atoms with E-state index < -0.39 is 0 Å². The molecule has 0 radical (unpaired) electrons. The van der Waals surface area contributed by atoms with Gasteiger partial charge in [-0.1, -0.05) is 26.7 Å². The number of nitrogens with zero attached hydrogens (tertiary/aromatic N) is 5. The third-order valence-electron chi connectivity index (χ3n) is 7.09. The van der Waals surface area contributed by atoms with E-state index in [1.807, 2.05) is 19.9 Å². The van der Waals surface area contributed by atoms with Crippen LogP contribution in [0.15, 0.2) is 30.4 Å². The number of aromatic nitrogens is 2. The van der Waals surface area contributed by atoms with E-state index in [9.17, 15) is 9.59 Å². The van der Waals surface area contributed by atoms with E-state index in [1.165, 1.54) is 0 Å². The summed E-state index contributed by atoms with van der Waals surface area (Å²) >= 11 is 0. The number of anilines is 1. The molecule has 1 aromatic rings. The van der Waals surface area contributed by atoms with Crippen LogP contribution in [0.2, 0.25) is 0 Å². The van der Waals surface area contributed by atoms with Gasteiger partial charge in [0, 0.05) is 57.0 Å². The van der Waals surface area contributed by atoms with Crippen molar-refractivity contribution in [2.24, 2.45) is 11.3 Å². The fourth-order valence-corrected chi connectivity index (χ4v) is 5.08. The first kappa shape index (κ1) is 23.7. The zero-order valence-electron chi connectivity index (χ0n) is 20.0. The molecular weight excluding hydrogens is 418 g/mol. The van der Waals surface area contributed by atoms with Crippen LogP contribution in [0.1, 0.15) is 58.8 Å². The number of esters is 1. The van der Waals surface area contributed by atoms with Gasteiger partial charge in [0.1, 0.15) is 0 Å². The van der Waals surface area contributed by atoms with Crippen molar-refractivity contribution in [2.45, 2.75) is 58.8 Å². The molecule has 1 amide bonds. The van der Waals surface area contributed by atoms with Crippen molar-refractivity contribution < 1.29 is 14.3 Å². The third-order valence-corrected chi connectivity index (χ3v) is 7.09. The minimum absolute atomic E-state index is 0.0995. The summed E-state index contributed by atoms with van der Waals surface area (Å²) in [5.41, 5.74) is -0.109. The van der Waals surface area contributed by atoms with E-state index in [2.05, 4.69) is 25.8 Å². The first-order valence-corrected chi connectivity index (χ1v) is 12.4.